The summed E-state index contributed by atoms with van der Waals surface area (Å²) in [7, 11) is 0. The summed E-state index contributed by atoms with van der Waals surface area (Å²) in [5, 5.41) is 10.4. The van der Waals surface area contributed by atoms with Crippen LogP contribution in [0.2, 0.25) is 5.02 Å². The monoisotopic (exact) mass is 267 g/mol. The molecular formula is C13H15ClFN3. The van der Waals surface area contributed by atoms with Crippen LogP contribution in [-0.2, 0) is 6.54 Å². The van der Waals surface area contributed by atoms with Crippen LogP contribution in [0.3, 0.4) is 0 Å². The van der Waals surface area contributed by atoms with E-state index in [2.05, 4.69) is 15.5 Å². The molecule has 0 aliphatic heterocycles. The highest BCUT2D eigenvalue weighted by Crippen LogP contribution is 2.21. The molecule has 3 nitrogen and oxygen atoms in total. The highest BCUT2D eigenvalue weighted by atomic mass is 35.5. The Bertz CT molecular complexity index is 539. The van der Waals surface area contributed by atoms with Gasteiger partial charge in [0.25, 0.3) is 0 Å². The average Bonchev–Trinajstić information content (AvgIpc) is 2.75. The first-order valence-electron chi connectivity index (χ1n) is 5.75. The van der Waals surface area contributed by atoms with Gasteiger partial charge in [-0.2, -0.15) is 5.10 Å². The predicted octanol–water partition coefficient (Wildman–Crippen LogP) is 3.36. The minimum absolute atomic E-state index is 0.0948. The normalized spacial score (nSPS) is 12.7. The van der Waals surface area contributed by atoms with E-state index in [4.69, 9.17) is 11.6 Å². The Morgan fingerprint density at radius 3 is 2.89 bits per heavy atom. The van der Waals surface area contributed by atoms with Gasteiger partial charge in [0, 0.05) is 23.8 Å². The van der Waals surface area contributed by atoms with Gasteiger partial charge in [0.1, 0.15) is 5.82 Å². The second-order valence-electron chi connectivity index (χ2n) is 4.30. The number of aromatic nitrogens is 2. The fraction of sp³-hybridized carbons (Fsp3) is 0.308. The number of hydrogen-bond acceptors (Lipinski definition) is 2. The van der Waals surface area contributed by atoms with Gasteiger partial charge < -0.3 is 5.32 Å². The van der Waals surface area contributed by atoms with Gasteiger partial charge >= 0.3 is 0 Å². The van der Waals surface area contributed by atoms with Crippen molar-refractivity contribution >= 4 is 11.6 Å². The molecule has 1 atom stereocenters. The molecule has 0 saturated carbocycles. The van der Waals surface area contributed by atoms with E-state index in [-0.39, 0.29) is 11.1 Å². The maximum atomic E-state index is 13.1. The molecule has 0 spiro atoms. The fourth-order valence-corrected chi connectivity index (χ4v) is 1.91. The van der Waals surface area contributed by atoms with Gasteiger partial charge in [0.05, 0.1) is 11.2 Å². The van der Waals surface area contributed by atoms with E-state index in [0.717, 1.165) is 16.8 Å². The molecule has 5 heteroatoms. The minimum Gasteiger partial charge on any atom is -0.306 e. The summed E-state index contributed by atoms with van der Waals surface area (Å²) in [6, 6.07) is 4.87. The molecular weight excluding hydrogens is 253 g/mol. The van der Waals surface area contributed by atoms with E-state index < -0.39 is 5.82 Å². The van der Waals surface area contributed by atoms with Gasteiger partial charge in [-0.05, 0) is 31.5 Å². The van der Waals surface area contributed by atoms with E-state index in [1.165, 1.54) is 6.07 Å². The van der Waals surface area contributed by atoms with Crippen molar-refractivity contribution in [1.82, 2.24) is 15.5 Å². The standard InChI is InChI=1S/C13H15ClFN3/c1-8(10-3-4-13(15)12(14)5-10)16-6-11-7-17-18-9(11)2/h3-5,7-8,16H,6H2,1-2H3,(H,17,18). The molecule has 0 aliphatic rings. The van der Waals surface area contributed by atoms with E-state index in [1.807, 2.05) is 13.8 Å². The second kappa shape index (κ2) is 5.50. The molecule has 0 aliphatic carbocycles. The smallest absolute Gasteiger partial charge is 0.141 e. The molecule has 0 bridgehead atoms. The van der Waals surface area contributed by atoms with Gasteiger partial charge in [-0.15, -0.1) is 0 Å². The van der Waals surface area contributed by atoms with Crippen molar-refractivity contribution in [2.24, 2.45) is 0 Å². The molecule has 1 heterocycles. The Balaban J connectivity index is 2.01. The molecule has 2 rings (SSSR count). The van der Waals surface area contributed by atoms with Gasteiger partial charge in [-0.3, -0.25) is 5.10 Å². The number of aryl methyl sites for hydroxylation is 1. The molecule has 2 aromatic rings. The lowest BCUT2D eigenvalue weighted by Crippen LogP contribution is -2.18. The van der Waals surface area contributed by atoms with Crippen LogP contribution in [0.15, 0.2) is 24.4 Å². The number of nitrogens with one attached hydrogen (secondary N) is 2. The van der Waals surface area contributed by atoms with Crippen molar-refractivity contribution < 1.29 is 4.39 Å². The van der Waals surface area contributed by atoms with Crippen molar-refractivity contribution in [2.45, 2.75) is 26.4 Å². The summed E-state index contributed by atoms with van der Waals surface area (Å²) in [6.45, 7) is 4.70. The van der Waals surface area contributed by atoms with Crippen LogP contribution < -0.4 is 5.32 Å². The molecule has 0 amide bonds. The molecule has 1 aromatic carbocycles. The summed E-state index contributed by atoms with van der Waals surface area (Å²) in [5.74, 6) is -0.390. The van der Waals surface area contributed by atoms with Crippen molar-refractivity contribution in [3.05, 3.63) is 52.1 Å². The predicted molar refractivity (Wildman–Crippen MR) is 70.0 cm³/mol. The third-order valence-corrected chi connectivity index (χ3v) is 3.27. The minimum atomic E-state index is -0.390. The summed E-state index contributed by atoms with van der Waals surface area (Å²) in [6.07, 6.45) is 1.80. The van der Waals surface area contributed by atoms with Crippen LogP contribution in [-0.4, -0.2) is 10.2 Å². The van der Waals surface area contributed by atoms with Crippen molar-refractivity contribution in [2.75, 3.05) is 0 Å². The second-order valence-corrected chi connectivity index (χ2v) is 4.70. The third-order valence-electron chi connectivity index (χ3n) is 2.98. The summed E-state index contributed by atoms with van der Waals surface area (Å²) in [4.78, 5) is 0. The van der Waals surface area contributed by atoms with Crippen LogP contribution in [0.5, 0.6) is 0 Å². The van der Waals surface area contributed by atoms with Crippen LogP contribution in [0, 0.1) is 12.7 Å². The summed E-state index contributed by atoms with van der Waals surface area (Å²) < 4.78 is 13.1. The first-order chi connectivity index (χ1) is 8.58. The molecule has 0 radical (unpaired) electrons. The SMILES string of the molecule is Cc1[nH]ncc1CNC(C)c1ccc(F)c(Cl)c1. The molecule has 18 heavy (non-hydrogen) atoms. The number of aromatic amines is 1. The van der Waals surface area contributed by atoms with Crippen LogP contribution in [0.25, 0.3) is 0 Å². The largest absolute Gasteiger partial charge is 0.306 e. The average molecular weight is 268 g/mol. The summed E-state index contributed by atoms with van der Waals surface area (Å²) in [5.41, 5.74) is 3.13. The first kappa shape index (κ1) is 13.1. The molecule has 96 valence electrons. The van der Waals surface area contributed by atoms with E-state index in [0.29, 0.717) is 6.54 Å². The van der Waals surface area contributed by atoms with Gasteiger partial charge in [0.2, 0.25) is 0 Å². The molecule has 0 saturated heterocycles. The van der Waals surface area contributed by atoms with E-state index in [1.54, 1.807) is 18.3 Å². The molecule has 2 N–H and O–H groups in total. The van der Waals surface area contributed by atoms with Gasteiger partial charge in [0.15, 0.2) is 0 Å². The van der Waals surface area contributed by atoms with Crippen molar-refractivity contribution in [1.29, 1.82) is 0 Å². The molecule has 0 fully saturated rings. The highest BCUT2D eigenvalue weighted by molar-refractivity contribution is 6.30. The molecule has 1 aromatic heterocycles. The van der Waals surface area contributed by atoms with E-state index in [9.17, 15) is 4.39 Å². The van der Waals surface area contributed by atoms with Crippen molar-refractivity contribution in [3.8, 4) is 0 Å². The lowest BCUT2D eigenvalue weighted by atomic mass is 10.1. The highest BCUT2D eigenvalue weighted by Gasteiger charge is 2.09. The maximum Gasteiger partial charge on any atom is 0.141 e. The number of halogens is 2. The van der Waals surface area contributed by atoms with Crippen LogP contribution >= 0.6 is 11.6 Å². The van der Waals surface area contributed by atoms with Gasteiger partial charge in [-0.25, -0.2) is 4.39 Å². The Morgan fingerprint density at radius 1 is 1.50 bits per heavy atom. The molecule has 1 unspecified atom stereocenters. The zero-order valence-electron chi connectivity index (χ0n) is 10.3. The topological polar surface area (TPSA) is 40.7 Å². The van der Waals surface area contributed by atoms with E-state index >= 15 is 0 Å². The quantitative estimate of drug-likeness (QED) is 0.892. The van der Waals surface area contributed by atoms with Crippen LogP contribution in [0.1, 0.15) is 29.8 Å². The Morgan fingerprint density at radius 2 is 2.28 bits per heavy atom. The fourth-order valence-electron chi connectivity index (χ4n) is 1.72. The number of hydrogen-bond donors (Lipinski definition) is 2. The number of benzene rings is 1. The first-order valence-corrected chi connectivity index (χ1v) is 6.13. The third kappa shape index (κ3) is 2.89. The Hall–Kier alpha value is -1.39. The Kier molecular flexibility index (Phi) is 3.99. The van der Waals surface area contributed by atoms with Crippen LogP contribution in [0.4, 0.5) is 4.39 Å². The lowest BCUT2D eigenvalue weighted by molar-refractivity contribution is 0.570. The number of H-pyrrole nitrogens is 1. The van der Waals surface area contributed by atoms with Gasteiger partial charge in [-0.1, -0.05) is 17.7 Å². The zero-order chi connectivity index (χ0) is 13.1. The lowest BCUT2D eigenvalue weighted by Gasteiger charge is -2.14. The maximum absolute atomic E-state index is 13.1. The number of rotatable bonds is 4. The number of nitrogens with zero attached hydrogens (tertiary/aromatic N) is 1. The Labute approximate surface area is 110 Å². The zero-order valence-corrected chi connectivity index (χ0v) is 11.1. The van der Waals surface area contributed by atoms with Crippen molar-refractivity contribution in [3.63, 3.8) is 0 Å². The summed E-state index contributed by atoms with van der Waals surface area (Å²) >= 11 is 5.77.